The highest BCUT2D eigenvalue weighted by Gasteiger charge is 2.31. The molecule has 124 valence electrons. The predicted octanol–water partition coefficient (Wildman–Crippen LogP) is 1.18. The summed E-state index contributed by atoms with van der Waals surface area (Å²) >= 11 is 0. The molecule has 22 heavy (non-hydrogen) atoms. The summed E-state index contributed by atoms with van der Waals surface area (Å²) in [5.74, 6) is -0.580. The monoisotopic (exact) mass is 350 g/mol. The van der Waals surface area contributed by atoms with Crippen molar-refractivity contribution in [3.05, 3.63) is 29.8 Å². The fraction of sp³-hybridized carbons (Fsp3) is 0.571. The highest BCUT2D eigenvalue weighted by Crippen LogP contribution is 2.18. The van der Waals surface area contributed by atoms with Gasteiger partial charge in [0.05, 0.1) is 11.8 Å². The average molecular weight is 351 g/mol. The molecule has 1 aromatic rings. The van der Waals surface area contributed by atoms with E-state index in [1.807, 2.05) is 4.90 Å². The van der Waals surface area contributed by atoms with Crippen molar-refractivity contribution >= 4 is 30.7 Å². The van der Waals surface area contributed by atoms with Crippen molar-refractivity contribution in [1.29, 1.82) is 0 Å². The van der Waals surface area contributed by atoms with Crippen molar-refractivity contribution in [2.24, 2.45) is 0 Å². The summed E-state index contributed by atoms with van der Waals surface area (Å²) in [5, 5.41) is 3.33. The van der Waals surface area contributed by atoms with Crippen LogP contribution in [0.4, 0.5) is 4.39 Å². The highest BCUT2D eigenvalue weighted by molar-refractivity contribution is 5.94. The van der Waals surface area contributed by atoms with E-state index in [1.54, 1.807) is 0 Å². The number of rotatable bonds is 2. The largest absolute Gasteiger partial charge is 0.337 e. The van der Waals surface area contributed by atoms with E-state index >= 15 is 0 Å². The summed E-state index contributed by atoms with van der Waals surface area (Å²) in [6.45, 7) is 5.57. The van der Waals surface area contributed by atoms with Crippen molar-refractivity contribution in [3.63, 3.8) is 0 Å². The van der Waals surface area contributed by atoms with Crippen molar-refractivity contribution in [2.75, 3.05) is 39.3 Å². The Labute approximate surface area is 142 Å². The van der Waals surface area contributed by atoms with Crippen LogP contribution in [0.15, 0.2) is 18.5 Å². The number of nitrogens with one attached hydrogen (secondary N) is 1. The number of nitrogens with zero attached hydrogens (tertiary/aromatic N) is 3. The molecule has 0 aliphatic carbocycles. The van der Waals surface area contributed by atoms with Gasteiger partial charge in [-0.1, -0.05) is 0 Å². The van der Waals surface area contributed by atoms with Crippen LogP contribution in [0.2, 0.25) is 0 Å². The first-order chi connectivity index (χ1) is 9.74. The molecule has 0 bridgehead atoms. The fourth-order valence-electron chi connectivity index (χ4n) is 2.98. The summed E-state index contributed by atoms with van der Waals surface area (Å²) < 4.78 is 13.1. The lowest BCUT2D eigenvalue weighted by atomic mass is 10.2. The molecule has 3 rings (SSSR count). The smallest absolute Gasteiger partial charge is 0.255 e. The molecule has 1 N–H and O–H groups in total. The van der Waals surface area contributed by atoms with Gasteiger partial charge in [-0.05, 0) is 12.5 Å². The number of amides is 1. The van der Waals surface area contributed by atoms with Gasteiger partial charge < -0.3 is 10.2 Å². The Morgan fingerprint density at radius 1 is 1.23 bits per heavy atom. The SMILES string of the molecule is Cl.Cl.O=C(c1cncc(F)c1)N1CCC(N2CCNCC2)C1. The van der Waals surface area contributed by atoms with Crippen LogP contribution in [0.3, 0.4) is 0 Å². The third-order valence-corrected chi connectivity index (χ3v) is 4.07. The van der Waals surface area contributed by atoms with Gasteiger partial charge in [0, 0.05) is 51.5 Å². The van der Waals surface area contributed by atoms with Crippen molar-refractivity contribution in [1.82, 2.24) is 20.1 Å². The second-order valence-corrected chi connectivity index (χ2v) is 5.37. The molecule has 0 spiro atoms. The van der Waals surface area contributed by atoms with Crippen LogP contribution in [0, 0.1) is 5.82 Å². The molecule has 0 radical (unpaired) electrons. The third kappa shape index (κ3) is 4.29. The molecule has 0 aromatic carbocycles. The molecule has 3 heterocycles. The first-order valence-electron chi connectivity index (χ1n) is 7.08. The molecule has 1 atom stereocenters. The van der Waals surface area contributed by atoms with E-state index in [9.17, 15) is 9.18 Å². The zero-order valence-corrected chi connectivity index (χ0v) is 13.8. The first kappa shape index (κ1) is 19.1. The summed E-state index contributed by atoms with van der Waals surface area (Å²) in [6.07, 6.45) is 3.54. The van der Waals surface area contributed by atoms with Gasteiger partial charge in [0.1, 0.15) is 5.82 Å². The van der Waals surface area contributed by atoms with Gasteiger partial charge in [-0.15, -0.1) is 24.8 Å². The van der Waals surface area contributed by atoms with Gasteiger partial charge in [0.25, 0.3) is 5.91 Å². The number of halogens is 3. The van der Waals surface area contributed by atoms with Crippen LogP contribution < -0.4 is 5.32 Å². The number of carbonyl (C=O) groups is 1. The second kappa shape index (κ2) is 8.62. The van der Waals surface area contributed by atoms with E-state index in [0.717, 1.165) is 51.9 Å². The molecular formula is C14H21Cl2FN4O. The molecule has 2 fully saturated rings. The van der Waals surface area contributed by atoms with Gasteiger partial charge in [0.2, 0.25) is 0 Å². The zero-order chi connectivity index (χ0) is 13.9. The molecule has 8 heteroatoms. The molecule has 0 saturated carbocycles. The minimum absolute atomic E-state index is 0. The normalized spacial score (nSPS) is 21.9. The van der Waals surface area contributed by atoms with Gasteiger partial charge >= 0.3 is 0 Å². The lowest BCUT2D eigenvalue weighted by Crippen LogP contribution is -2.49. The Kier molecular flexibility index (Phi) is 7.48. The molecule has 2 aliphatic rings. The number of piperazine rings is 1. The number of carbonyl (C=O) groups excluding carboxylic acids is 1. The number of hydrogen-bond donors (Lipinski definition) is 1. The zero-order valence-electron chi connectivity index (χ0n) is 12.2. The molecule has 1 amide bonds. The maximum absolute atomic E-state index is 13.1. The summed E-state index contributed by atoms with van der Waals surface area (Å²) in [5.41, 5.74) is 0.339. The maximum Gasteiger partial charge on any atom is 0.255 e. The standard InChI is InChI=1S/C14H19FN4O.2ClH/c15-12-7-11(8-17-9-12)14(20)19-4-1-13(10-19)18-5-2-16-3-6-18;;/h7-9,13,16H,1-6,10H2;2*1H. The summed E-state index contributed by atoms with van der Waals surface area (Å²) in [6, 6.07) is 1.69. The van der Waals surface area contributed by atoms with E-state index in [0.29, 0.717) is 11.6 Å². The third-order valence-electron chi connectivity index (χ3n) is 4.07. The van der Waals surface area contributed by atoms with Crippen LogP contribution in [-0.2, 0) is 0 Å². The van der Waals surface area contributed by atoms with E-state index in [2.05, 4.69) is 15.2 Å². The molecule has 1 aromatic heterocycles. The Morgan fingerprint density at radius 3 is 2.64 bits per heavy atom. The van der Waals surface area contributed by atoms with Crippen LogP contribution >= 0.6 is 24.8 Å². The lowest BCUT2D eigenvalue weighted by molar-refractivity contribution is 0.0772. The second-order valence-electron chi connectivity index (χ2n) is 5.37. The fourth-order valence-corrected chi connectivity index (χ4v) is 2.98. The van der Waals surface area contributed by atoms with Crippen LogP contribution in [-0.4, -0.2) is 66.0 Å². The molecular weight excluding hydrogens is 330 g/mol. The average Bonchev–Trinajstić information content (AvgIpc) is 2.97. The summed E-state index contributed by atoms with van der Waals surface area (Å²) in [7, 11) is 0. The Bertz CT molecular complexity index is 499. The molecule has 1 unspecified atom stereocenters. The number of aromatic nitrogens is 1. The Hall–Kier alpha value is -0.950. The van der Waals surface area contributed by atoms with Crippen molar-refractivity contribution < 1.29 is 9.18 Å². The predicted molar refractivity (Wildman–Crippen MR) is 87.4 cm³/mol. The van der Waals surface area contributed by atoms with E-state index in [1.165, 1.54) is 12.3 Å². The molecule has 5 nitrogen and oxygen atoms in total. The number of pyridine rings is 1. The van der Waals surface area contributed by atoms with E-state index in [-0.39, 0.29) is 30.7 Å². The Balaban J connectivity index is 0.00000121. The van der Waals surface area contributed by atoms with Crippen molar-refractivity contribution in [3.8, 4) is 0 Å². The minimum Gasteiger partial charge on any atom is -0.337 e. The van der Waals surface area contributed by atoms with Gasteiger partial charge in [0.15, 0.2) is 0 Å². The van der Waals surface area contributed by atoms with Crippen LogP contribution in [0.1, 0.15) is 16.8 Å². The van der Waals surface area contributed by atoms with Gasteiger partial charge in [-0.25, -0.2) is 4.39 Å². The first-order valence-corrected chi connectivity index (χ1v) is 7.08. The van der Waals surface area contributed by atoms with Crippen LogP contribution in [0.25, 0.3) is 0 Å². The number of hydrogen-bond acceptors (Lipinski definition) is 4. The van der Waals surface area contributed by atoms with Crippen LogP contribution in [0.5, 0.6) is 0 Å². The quantitative estimate of drug-likeness (QED) is 0.870. The minimum atomic E-state index is -0.464. The Morgan fingerprint density at radius 2 is 1.95 bits per heavy atom. The maximum atomic E-state index is 13.1. The molecule has 2 aliphatic heterocycles. The molecule has 2 saturated heterocycles. The topological polar surface area (TPSA) is 48.5 Å². The van der Waals surface area contributed by atoms with E-state index < -0.39 is 5.82 Å². The highest BCUT2D eigenvalue weighted by atomic mass is 35.5. The van der Waals surface area contributed by atoms with Crippen molar-refractivity contribution in [2.45, 2.75) is 12.5 Å². The van der Waals surface area contributed by atoms with E-state index in [4.69, 9.17) is 0 Å². The lowest BCUT2D eigenvalue weighted by Gasteiger charge is -2.32. The van der Waals surface area contributed by atoms with Gasteiger partial charge in [-0.3, -0.25) is 14.7 Å². The number of likely N-dealkylation sites (tertiary alicyclic amines) is 1. The summed E-state index contributed by atoms with van der Waals surface area (Å²) in [4.78, 5) is 20.3. The van der Waals surface area contributed by atoms with Gasteiger partial charge in [-0.2, -0.15) is 0 Å².